The molecular weight excluding hydrogens is 340 g/mol. The highest BCUT2D eigenvalue weighted by Crippen LogP contribution is 2.52. The second-order valence-corrected chi connectivity index (χ2v) is 7.84. The molecule has 4 nitrogen and oxygen atoms in total. The summed E-state index contributed by atoms with van der Waals surface area (Å²) in [6.07, 6.45) is 3.74. The molecule has 1 aliphatic rings. The fraction of sp³-hybridized carbons (Fsp3) is 0. The summed E-state index contributed by atoms with van der Waals surface area (Å²) in [5.41, 5.74) is 0.00873. The molecule has 2 rings (SSSR count). The van der Waals surface area contributed by atoms with Crippen molar-refractivity contribution in [2.75, 3.05) is 0 Å². The average molecular weight is 349 g/mol. The van der Waals surface area contributed by atoms with Crippen molar-refractivity contribution >= 4 is 43.9 Å². The smallest absolute Gasteiger partial charge is 0.335 e. The second kappa shape index (κ2) is 5.40. The third kappa shape index (κ3) is 2.59. The molecule has 0 saturated carbocycles. The van der Waals surface area contributed by atoms with Crippen LogP contribution in [-0.2, 0) is 11.1 Å². The normalized spacial score (nSPS) is 21.7. The van der Waals surface area contributed by atoms with Gasteiger partial charge in [-0.2, -0.15) is 10.9 Å². The summed E-state index contributed by atoms with van der Waals surface area (Å²) in [5.74, 6) is -1.11. The third-order valence-electron chi connectivity index (χ3n) is 2.35. The van der Waals surface area contributed by atoms with E-state index < -0.39 is 27.9 Å². The van der Waals surface area contributed by atoms with Crippen molar-refractivity contribution in [1.29, 1.82) is 0 Å². The van der Waals surface area contributed by atoms with Gasteiger partial charge < -0.3 is 9.66 Å². The summed E-state index contributed by atoms with van der Waals surface area (Å²) in [6.45, 7) is 0. The molecule has 0 spiro atoms. The lowest BCUT2D eigenvalue weighted by Gasteiger charge is -2.17. The molecule has 1 aromatic rings. The van der Waals surface area contributed by atoms with Crippen molar-refractivity contribution in [1.82, 2.24) is 0 Å². The first-order valence-electron chi connectivity index (χ1n) is 4.82. The summed E-state index contributed by atoms with van der Waals surface area (Å²) < 4.78 is 21.6. The Hall–Kier alpha value is -0.890. The number of rotatable bonds is 3. The van der Waals surface area contributed by atoms with E-state index in [0.717, 1.165) is 3.81 Å². The molecular formula is C11H9BrO4S2. The third-order valence-corrected chi connectivity index (χ3v) is 6.62. The van der Waals surface area contributed by atoms with Gasteiger partial charge in [-0.3, -0.25) is 0 Å². The first-order valence-corrected chi connectivity index (χ1v) is 8.13. The van der Waals surface area contributed by atoms with Gasteiger partial charge in [0.1, 0.15) is 0 Å². The summed E-state index contributed by atoms with van der Waals surface area (Å²) in [5, 5.41) is 10.8. The number of benzene rings is 1. The van der Waals surface area contributed by atoms with Crippen molar-refractivity contribution in [2.24, 2.45) is 0 Å². The minimum Gasteiger partial charge on any atom is -0.478 e. The van der Waals surface area contributed by atoms with Crippen LogP contribution in [0, 0.1) is 0 Å². The van der Waals surface area contributed by atoms with E-state index in [1.165, 1.54) is 12.1 Å². The highest BCUT2D eigenvalue weighted by molar-refractivity contribution is 9.14. The first-order chi connectivity index (χ1) is 8.50. The van der Waals surface area contributed by atoms with Crippen LogP contribution >= 0.6 is 26.8 Å². The van der Waals surface area contributed by atoms with Crippen LogP contribution in [0.1, 0.15) is 10.4 Å². The predicted molar refractivity (Wildman–Crippen MR) is 75.8 cm³/mol. The fourth-order valence-electron chi connectivity index (χ4n) is 1.54. The van der Waals surface area contributed by atoms with E-state index >= 15 is 0 Å². The van der Waals surface area contributed by atoms with E-state index in [-0.39, 0.29) is 10.5 Å². The molecule has 1 aromatic carbocycles. The summed E-state index contributed by atoms with van der Waals surface area (Å²) >= 11 is 1.20. The molecule has 2 N–H and O–H groups in total. The van der Waals surface area contributed by atoms with Gasteiger partial charge in [0, 0.05) is 8.71 Å². The van der Waals surface area contributed by atoms with Gasteiger partial charge in [0.2, 0.25) is 0 Å². The number of hydrogen-bond donors (Lipinski definition) is 3. The SMILES string of the molecule is O=C(O)c1ccc([SH]2C=CC=C2Br)c(S(=O)O)c1. The largest absolute Gasteiger partial charge is 0.478 e. The van der Waals surface area contributed by atoms with E-state index in [1.807, 2.05) is 17.6 Å². The Morgan fingerprint density at radius 2 is 2.11 bits per heavy atom. The Bertz CT molecular complexity index is 595. The summed E-state index contributed by atoms with van der Waals surface area (Å²) in [4.78, 5) is 11.7. The lowest BCUT2D eigenvalue weighted by Crippen LogP contribution is -2.01. The number of allylic oxidation sites excluding steroid dienone is 2. The van der Waals surface area contributed by atoms with Crippen molar-refractivity contribution < 1.29 is 18.7 Å². The monoisotopic (exact) mass is 348 g/mol. The van der Waals surface area contributed by atoms with Crippen LogP contribution < -0.4 is 0 Å². The summed E-state index contributed by atoms with van der Waals surface area (Å²) in [7, 11) is -0.835. The summed E-state index contributed by atoms with van der Waals surface area (Å²) in [6, 6.07) is 4.30. The maximum Gasteiger partial charge on any atom is 0.335 e. The lowest BCUT2D eigenvalue weighted by atomic mass is 10.2. The number of carbonyl (C=O) groups is 1. The van der Waals surface area contributed by atoms with Crippen molar-refractivity contribution in [2.45, 2.75) is 9.79 Å². The van der Waals surface area contributed by atoms with Crippen LogP contribution in [-0.4, -0.2) is 19.8 Å². The van der Waals surface area contributed by atoms with Gasteiger partial charge >= 0.3 is 5.97 Å². The molecule has 2 unspecified atom stereocenters. The number of carboxylic acid groups (broad SMARTS) is 1. The Morgan fingerprint density at radius 1 is 1.39 bits per heavy atom. The molecule has 1 aliphatic heterocycles. The Balaban J connectivity index is 2.54. The molecule has 0 radical (unpaired) electrons. The van der Waals surface area contributed by atoms with Gasteiger partial charge in [-0.05, 0) is 45.6 Å². The maximum atomic E-state index is 11.3. The zero-order valence-corrected chi connectivity index (χ0v) is 12.2. The molecule has 18 heavy (non-hydrogen) atoms. The molecule has 0 aliphatic carbocycles. The van der Waals surface area contributed by atoms with Crippen LogP contribution in [0.15, 0.2) is 49.4 Å². The van der Waals surface area contributed by atoms with Crippen molar-refractivity contribution in [3.8, 4) is 0 Å². The molecule has 1 heterocycles. The van der Waals surface area contributed by atoms with Crippen LogP contribution in [0.25, 0.3) is 0 Å². The Kier molecular flexibility index (Phi) is 4.06. The van der Waals surface area contributed by atoms with Crippen molar-refractivity contribution in [3.63, 3.8) is 0 Å². The van der Waals surface area contributed by atoms with E-state index in [2.05, 4.69) is 15.9 Å². The van der Waals surface area contributed by atoms with E-state index in [9.17, 15) is 13.6 Å². The lowest BCUT2D eigenvalue weighted by molar-refractivity contribution is 0.0696. The van der Waals surface area contributed by atoms with Gasteiger partial charge in [0.25, 0.3) is 0 Å². The van der Waals surface area contributed by atoms with Crippen LogP contribution in [0.2, 0.25) is 0 Å². The average Bonchev–Trinajstić information content (AvgIpc) is 2.74. The van der Waals surface area contributed by atoms with Gasteiger partial charge in [-0.1, -0.05) is 6.08 Å². The van der Waals surface area contributed by atoms with Crippen LogP contribution in [0.5, 0.6) is 0 Å². The minimum absolute atomic E-state index is 0.00873. The highest BCUT2D eigenvalue weighted by Gasteiger charge is 2.19. The zero-order chi connectivity index (χ0) is 13.3. The van der Waals surface area contributed by atoms with Gasteiger partial charge in [0.05, 0.1) is 10.5 Å². The number of carboxylic acids is 1. The quantitative estimate of drug-likeness (QED) is 0.579. The number of hydrogen-bond acceptors (Lipinski definition) is 2. The van der Waals surface area contributed by atoms with Gasteiger partial charge in [-0.25, -0.2) is 9.00 Å². The van der Waals surface area contributed by atoms with E-state index in [0.29, 0.717) is 4.90 Å². The molecule has 7 heteroatoms. The molecule has 0 saturated heterocycles. The fourth-order valence-corrected chi connectivity index (χ4v) is 5.20. The maximum absolute atomic E-state index is 11.3. The molecule has 2 atom stereocenters. The topological polar surface area (TPSA) is 74.6 Å². The van der Waals surface area contributed by atoms with E-state index in [4.69, 9.17) is 5.11 Å². The van der Waals surface area contributed by atoms with Gasteiger partial charge in [0.15, 0.2) is 11.1 Å². The molecule has 0 fully saturated rings. The van der Waals surface area contributed by atoms with Crippen LogP contribution in [0.4, 0.5) is 0 Å². The Labute approximate surface area is 117 Å². The first kappa shape index (κ1) is 13.5. The Morgan fingerprint density at radius 3 is 2.61 bits per heavy atom. The number of halogens is 1. The van der Waals surface area contributed by atoms with E-state index in [1.54, 1.807) is 6.07 Å². The molecule has 0 bridgehead atoms. The minimum atomic E-state index is -2.21. The highest BCUT2D eigenvalue weighted by atomic mass is 79.9. The second-order valence-electron chi connectivity index (χ2n) is 3.44. The van der Waals surface area contributed by atoms with Crippen LogP contribution in [0.3, 0.4) is 0 Å². The molecule has 0 amide bonds. The predicted octanol–water partition coefficient (Wildman–Crippen LogP) is 3.09. The standard InChI is InChI=1S/C11H9BrO4S2/c12-10-2-1-5-17(10)8-4-3-7(11(13)14)6-9(8)18(15)16/h1-6,17H,(H,13,14)(H,15,16). The molecule has 0 aromatic heterocycles. The zero-order valence-electron chi connectivity index (χ0n) is 8.91. The molecule has 96 valence electrons. The van der Waals surface area contributed by atoms with Crippen molar-refractivity contribution in [3.05, 3.63) is 45.1 Å². The number of aromatic carboxylic acids is 1. The van der Waals surface area contributed by atoms with Gasteiger partial charge in [-0.15, -0.1) is 0 Å². The number of thiol groups is 1.